The SMILES string of the molecule is COc1ccc(/C=C/C(=O)Nc2ccc(C(=O)NC(C)c3ccccc3)cc2)cc1. The summed E-state index contributed by atoms with van der Waals surface area (Å²) in [5, 5.41) is 5.76. The number of carbonyl (C=O) groups excluding carboxylic acids is 2. The van der Waals surface area contributed by atoms with E-state index in [1.165, 1.54) is 6.08 Å². The Morgan fingerprint density at radius 2 is 1.57 bits per heavy atom. The molecule has 0 bridgehead atoms. The van der Waals surface area contributed by atoms with Gasteiger partial charge in [0.2, 0.25) is 5.91 Å². The third-order valence-corrected chi connectivity index (χ3v) is 4.60. The van der Waals surface area contributed by atoms with E-state index in [0.717, 1.165) is 16.9 Å². The third-order valence-electron chi connectivity index (χ3n) is 4.60. The van der Waals surface area contributed by atoms with Gasteiger partial charge in [-0.1, -0.05) is 42.5 Å². The van der Waals surface area contributed by atoms with Gasteiger partial charge in [-0.15, -0.1) is 0 Å². The fraction of sp³-hybridized carbons (Fsp3) is 0.120. The molecule has 5 heteroatoms. The smallest absolute Gasteiger partial charge is 0.251 e. The van der Waals surface area contributed by atoms with Gasteiger partial charge < -0.3 is 15.4 Å². The summed E-state index contributed by atoms with van der Waals surface area (Å²) in [5.74, 6) is 0.350. The highest BCUT2D eigenvalue weighted by molar-refractivity contribution is 6.02. The van der Waals surface area contributed by atoms with Gasteiger partial charge in [0.05, 0.1) is 13.2 Å². The van der Waals surface area contributed by atoms with Gasteiger partial charge in [0, 0.05) is 17.3 Å². The molecule has 1 unspecified atom stereocenters. The van der Waals surface area contributed by atoms with Gasteiger partial charge in [0.25, 0.3) is 5.91 Å². The van der Waals surface area contributed by atoms with Gasteiger partial charge in [-0.3, -0.25) is 9.59 Å². The molecule has 3 rings (SSSR count). The van der Waals surface area contributed by atoms with Crippen LogP contribution in [0, 0.1) is 0 Å². The van der Waals surface area contributed by atoms with Crippen molar-refractivity contribution in [2.45, 2.75) is 13.0 Å². The fourth-order valence-corrected chi connectivity index (χ4v) is 2.88. The van der Waals surface area contributed by atoms with E-state index in [0.29, 0.717) is 11.3 Å². The molecule has 0 radical (unpaired) electrons. The number of nitrogens with one attached hydrogen (secondary N) is 2. The van der Waals surface area contributed by atoms with Gasteiger partial charge >= 0.3 is 0 Å². The predicted octanol–water partition coefficient (Wildman–Crippen LogP) is 4.84. The molecule has 0 aliphatic rings. The first-order valence-electron chi connectivity index (χ1n) is 9.64. The first-order valence-corrected chi connectivity index (χ1v) is 9.64. The van der Waals surface area contributed by atoms with E-state index in [4.69, 9.17) is 4.74 Å². The van der Waals surface area contributed by atoms with Crippen molar-refractivity contribution in [3.8, 4) is 5.75 Å². The van der Waals surface area contributed by atoms with Crippen LogP contribution in [0.1, 0.15) is 34.5 Å². The number of hydrogen-bond donors (Lipinski definition) is 2. The first kappa shape index (κ1) is 20.9. The van der Waals surface area contributed by atoms with Crippen LogP contribution in [0.25, 0.3) is 6.08 Å². The van der Waals surface area contributed by atoms with Crippen molar-refractivity contribution in [1.82, 2.24) is 5.32 Å². The second-order valence-corrected chi connectivity index (χ2v) is 6.78. The van der Waals surface area contributed by atoms with E-state index in [1.54, 1.807) is 37.5 Å². The van der Waals surface area contributed by atoms with Gasteiger partial charge in [-0.05, 0) is 60.5 Å². The summed E-state index contributed by atoms with van der Waals surface area (Å²) in [7, 11) is 1.61. The third kappa shape index (κ3) is 5.82. The first-order chi connectivity index (χ1) is 14.5. The number of carbonyl (C=O) groups is 2. The van der Waals surface area contributed by atoms with Gasteiger partial charge in [0.15, 0.2) is 0 Å². The van der Waals surface area contributed by atoms with Gasteiger partial charge in [0.1, 0.15) is 5.75 Å². The van der Waals surface area contributed by atoms with Crippen molar-refractivity contribution in [2.24, 2.45) is 0 Å². The van der Waals surface area contributed by atoms with Crippen LogP contribution in [0.15, 0.2) is 84.9 Å². The summed E-state index contributed by atoms with van der Waals surface area (Å²) in [6.45, 7) is 1.94. The Hall–Kier alpha value is -3.86. The number of ether oxygens (including phenoxy) is 1. The molecule has 0 heterocycles. The molecule has 0 saturated heterocycles. The van der Waals surface area contributed by atoms with Crippen molar-refractivity contribution >= 4 is 23.6 Å². The normalized spacial score (nSPS) is 11.7. The van der Waals surface area contributed by atoms with Crippen molar-refractivity contribution < 1.29 is 14.3 Å². The Morgan fingerprint density at radius 1 is 0.900 bits per heavy atom. The molecule has 3 aromatic rings. The van der Waals surface area contributed by atoms with Crippen LogP contribution >= 0.6 is 0 Å². The molecule has 0 aliphatic heterocycles. The van der Waals surface area contributed by atoms with Gasteiger partial charge in [-0.25, -0.2) is 0 Å². The number of amides is 2. The number of anilines is 1. The highest BCUT2D eigenvalue weighted by Gasteiger charge is 2.11. The molecule has 5 nitrogen and oxygen atoms in total. The largest absolute Gasteiger partial charge is 0.497 e. The monoisotopic (exact) mass is 400 g/mol. The number of hydrogen-bond acceptors (Lipinski definition) is 3. The molecule has 3 aromatic carbocycles. The molecular weight excluding hydrogens is 376 g/mol. The topological polar surface area (TPSA) is 67.4 Å². The highest BCUT2D eigenvalue weighted by atomic mass is 16.5. The van der Waals surface area contributed by atoms with Crippen molar-refractivity contribution in [3.05, 3.63) is 102 Å². The summed E-state index contributed by atoms with van der Waals surface area (Å²) in [6.07, 6.45) is 3.19. The Kier molecular flexibility index (Phi) is 7.00. The molecule has 30 heavy (non-hydrogen) atoms. The zero-order valence-electron chi connectivity index (χ0n) is 17.0. The number of rotatable bonds is 7. The lowest BCUT2D eigenvalue weighted by Crippen LogP contribution is -2.26. The van der Waals surface area contributed by atoms with E-state index in [-0.39, 0.29) is 17.9 Å². The van der Waals surface area contributed by atoms with Crippen LogP contribution in [0.5, 0.6) is 5.75 Å². The summed E-state index contributed by atoms with van der Waals surface area (Å²) >= 11 is 0. The summed E-state index contributed by atoms with van der Waals surface area (Å²) in [6, 6.07) is 23.9. The fourth-order valence-electron chi connectivity index (χ4n) is 2.88. The molecule has 0 fully saturated rings. The number of benzene rings is 3. The average Bonchev–Trinajstić information content (AvgIpc) is 2.79. The van der Waals surface area contributed by atoms with E-state index >= 15 is 0 Å². The summed E-state index contributed by atoms with van der Waals surface area (Å²) in [5.41, 5.74) is 3.08. The van der Waals surface area contributed by atoms with Crippen LogP contribution in [-0.2, 0) is 4.79 Å². The minimum atomic E-state index is -0.249. The zero-order chi connectivity index (χ0) is 21.3. The maximum atomic E-state index is 12.4. The second-order valence-electron chi connectivity index (χ2n) is 6.78. The van der Waals surface area contributed by atoms with Crippen LogP contribution in [0.3, 0.4) is 0 Å². The van der Waals surface area contributed by atoms with Crippen molar-refractivity contribution in [2.75, 3.05) is 12.4 Å². The van der Waals surface area contributed by atoms with Crippen molar-refractivity contribution in [3.63, 3.8) is 0 Å². The standard InChI is InChI=1S/C25H24N2O3/c1-18(20-6-4-3-5-7-20)26-25(29)21-11-13-22(14-12-21)27-24(28)17-10-19-8-15-23(30-2)16-9-19/h3-18H,1-2H3,(H,26,29)(H,27,28)/b17-10+. The van der Waals surface area contributed by atoms with Crippen molar-refractivity contribution in [1.29, 1.82) is 0 Å². The summed E-state index contributed by atoms with van der Waals surface area (Å²) < 4.78 is 5.11. The van der Waals surface area contributed by atoms with Crippen LogP contribution < -0.4 is 15.4 Å². The maximum Gasteiger partial charge on any atom is 0.251 e. The molecule has 0 aliphatic carbocycles. The minimum Gasteiger partial charge on any atom is -0.497 e. The van der Waals surface area contributed by atoms with Crippen LogP contribution in [0.2, 0.25) is 0 Å². The lowest BCUT2D eigenvalue weighted by molar-refractivity contribution is -0.111. The quantitative estimate of drug-likeness (QED) is 0.558. The lowest BCUT2D eigenvalue weighted by Gasteiger charge is -2.14. The molecule has 0 saturated carbocycles. The van der Waals surface area contributed by atoms with E-state index in [2.05, 4.69) is 10.6 Å². The molecular formula is C25H24N2O3. The molecule has 2 N–H and O–H groups in total. The predicted molar refractivity (Wildman–Crippen MR) is 119 cm³/mol. The molecule has 2 amide bonds. The van der Waals surface area contributed by atoms with Crippen LogP contribution in [-0.4, -0.2) is 18.9 Å². The van der Waals surface area contributed by atoms with Gasteiger partial charge in [-0.2, -0.15) is 0 Å². The average molecular weight is 400 g/mol. The Labute approximate surface area is 176 Å². The Bertz CT molecular complexity index is 1010. The summed E-state index contributed by atoms with van der Waals surface area (Å²) in [4.78, 5) is 24.6. The lowest BCUT2D eigenvalue weighted by atomic mass is 10.1. The second kappa shape index (κ2) is 10.1. The molecule has 152 valence electrons. The Morgan fingerprint density at radius 3 is 2.20 bits per heavy atom. The number of methoxy groups -OCH3 is 1. The van der Waals surface area contributed by atoms with E-state index in [9.17, 15) is 9.59 Å². The molecule has 1 atom stereocenters. The zero-order valence-corrected chi connectivity index (χ0v) is 17.0. The molecule has 0 spiro atoms. The minimum absolute atomic E-state index is 0.0961. The van der Waals surface area contributed by atoms with Crippen LogP contribution in [0.4, 0.5) is 5.69 Å². The van der Waals surface area contributed by atoms with E-state index < -0.39 is 0 Å². The highest BCUT2D eigenvalue weighted by Crippen LogP contribution is 2.15. The van der Waals surface area contributed by atoms with E-state index in [1.807, 2.05) is 61.5 Å². The Balaban J connectivity index is 1.55. The molecule has 0 aromatic heterocycles. The maximum absolute atomic E-state index is 12.4.